The van der Waals surface area contributed by atoms with Gasteiger partial charge in [-0.3, -0.25) is 0 Å². The molecule has 10 heteroatoms. The van der Waals surface area contributed by atoms with E-state index in [4.69, 9.17) is 4.74 Å². The van der Waals surface area contributed by atoms with Crippen molar-refractivity contribution >= 4 is 22.7 Å². The molecule has 0 saturated heterocycles. The van der Waals surface area contributed by atoms with Crippen molar-refractivity contribution in [3.63, 3.8) is 0 Å². The van der Waals surface area contributed by atoms with Crippen LogP contribution >= 0.6 is 0 Å². The standard InChI is InChI=1S/C30H14F8O2/c31-19-5-1-14(10-23(19)35)9-18(15-2-6-20(32)24(36)11-15)29-27(16-3-7-21(33)25(37)12-16)28(30(39)40-29)17-4-8-22(34)26(38)13-17/h1-8,10-13H,9H2/b29-18+. The van der Waals surface area contributed by atoms with E-state index < -0.39 is 52.5 Å². The third kappa shape index (κ3) is 5.00. The van der Waals surface area contributed by atoms with Crippen LogP contribution in [0.4, 0.5) is 35.1 Å². The highest BCUT2D eigenvalue weighted by Gasteiger charge is 2.35. The number of ether oxygens (including phenoxy) is 1. The van der Waals surface area contributed by atoms with Crippen LogP contribution in [-0.2, 0) is 16.0 Å². The predicted octanol–water partition coefficient (Wildman–Crippen LogP) is 7.92. The van der Waals surface area contributed by atoms with E-state index in [1.165, 1.54) is 6.07 Å². The van der Waals surface area contributed by atoms with Gasteiger partial charge in [0.25, 0.3) is 0 Å². The second-order valence-electron chi connectivity index (χ2n) is 8.76. The van der Waals surface area contributed by atoms with E-state index in [-0.39, 0.29) is 51.2 Å². The second-order valence-corrected chi connectivity index (χ2v) is 8.76. The fourth-order valence-electron chi connectivity index (χ4n) is 4.31. The molecule has 0 saturated carbocycles. The zero-order valence-corrected chi connectivity index (χ0v) is 20.0. The Balaban J connectivity index is 1.84. The molecule has 0 atom stereocenters. The molecule has 0 N–H and O–H groups in total. The topological polar surface area (TPSA) is 26.3 Å². The number of benzene rings is 4. The second kappa shape index (κ2) is 10.4. The number of hydrogen-bond donors (Lipinski definition) is 0. The van der Waals surface area contributed by atoms with E-state index in [0.29, 0.717) is 6.07 Å². The van der Waals surface area contributed by atoms with Gasteiger partial charge in [0.15, 0.2) is 46.5 Å². The minimum absolute atomic E-state index is 0.0574. The molecule has 0 fully saturated rings. The number of hydrogen-bond acceptors (Lipinski definition) is 2. The SMILES string of the molecule is O=C1O/C(=C(\Cc2ccc(F)c(F)c2)c2ccc(F)c(F)c2)C(c2ccc(F)c(F)c2)=C1c1ccc(F)c(F)c1. The molecular formula is C30H14F8O2. The lowest BCUT2D eigenvalue weighted by molar-refractivity contribution is -0.131. The van der Waals surface area contributed by atoms with Crippen molar-refractivity contribution < 1.29 is 44.7 Å². The lowest BCUT2D eigenvalue weighted by Gasteiger charge is -2.15. The molecule has 40 heavy (non-hydrogen) atoms. The quantitative estimate of drug-likeness (QED) is 0.184. The molecule has 2 nitrogen and oxygen atoms in total. The number of halogens is 8. The fraction of sp³-hybridized carbons (Fsp3) is 0.0333. The lowest BCUT2D eigenvalue weighted by atomic mass is 9.89. The highest BCUT2D eigenvalue weighted by molar-refractivity contribution is 6.31. The molecule has 0 radical (unpaired) electrons. The summed E-state index contributed by atoms with van der Waals surface area (Å²) in [6.07, 6.45) is -0.344. The smallest absolute Gasteiger partial charge is 0.344 e. The fourth-order valence-corrected chi connectivity index (χ4v) is 4.31. The summed E-state index contributed by atoms with van der Waals surface area (Å²) in [4.78, 5) is 13.2. The maximum absolute atomic E-state index is 14.3. The van der Waals surface area contributed by atoms with Crippen LogP contribution in [-0.4, -0.2) is 5.97 Å². The molecule has 202 valence electrons. The number of carbonyl (C=O) groups is 1. The van der Waals surface area contributed by atoms with Crippen LogP contribution in [0.1, 0.15) is 22.3 Å². The van der Waals surface area contributed by atoms with Gasteiger partial charge in [-0.2, -0.15) is 0 Å². The molecule has 0 aromatic heterocycles. The van der Waals surface area contributed by atoms with Gasteiger partial charge in [-0.1, -0.05) is 24.3 Å². The summed E-state index contributed by atoms with van der Waals surface area (Å²) in [5.74, 6) is -11.4. The molecule has 4 aromatic rings. The van der Waals surface area contributed by atoms with Crippen LogP contribution in [0.15, 0.2) is 78.6 Å². The van der Waals surface area contributed by atoms with E-state index in [1.807, 2.05) is 0 Å². The van der Waals surface area contributed by atoms with Crippen LogP contribution in [0.5, 0.6) is 0 Å². The minimum atomic E-state index is -1.32. The molecule has 4 aromatic carbocycles. The first-order valence-electron chi connectivity index (χ1n) is 11.5. The first-order chi connectivity index (χ1) is 19.0. The van der Waals surface area contributed by atoms with Gasteiger partial charge in [-0.25, -0.2) is 39.9 Å². The third-order valence-corrected chi connectivity index (χ3v) is 6.20. The average Bonchev–Trinajstić information content (AvgIpc) is 3.26. The minimum Gasteiger partial charge on any atom is -0.422 e. The maximum Gasteiger partial charge on any atom is 0.344 e. The molecule has 1 aliphatic heterocycles. The lowest BCUT2D eigenvalue weighted by Crippen LogP contribution is -2.03. The summed E-state index contributed by atoms with van der Waals surface area (Å²) in [7, 11) is 0. The number of allylic oxidation sites excluding steroid dienone is 2. The maximum atomic E-state index is 14.3. The Morgan fingerprint density at radius 3 is 1.52 bits per heavy atom. The van der Waals surface area contributed by atoms with Gasteiger partial charge >= 0.3 is 5.97 Å². The molecule has 1 heterocycles. The zero-order valence-electron chi connectivity index (χ0n) is 20.0. The summed E-state index contributed by atoms with van der Waals surface area (Å²) < 4.78 is 117. The van der Waals surface area contributed by atoms with E-state index in [1.54, 1.807) is 0 Å². The molecule has 0 bridgehead atoms. The monoisotopic (exact) mass is 558 g/mol. The summed E-state index contributed by atoms with van der Waals surface area (Å²) in [5, 5.41) is 0. The molecule has 1 aliphatic rings. The number of carbonyl (C=O) groups excluding carboxylic acids is 1. The van der Waals surface area contributed by atoms with Crippen LogP contribution < -0.4 is 0 Å². The highest BCUT2D eigenvalue weighted by atomic mass is 19.2. The van der Waals surface area contributed by atoms with E-state index in [9.17, 15) is 39.9 Å². The van der Waals surface area contributed by atoms with Gasteiger partial charge in [0, 0.05) is 17.6 Å². The third-order valence-electron chi connectivity index (χ3n) is 6.20. The first-order valence-corrected chi connectivity index (χ1v) is 11.5. The predicted molar refractivity (Wildman–Crippen MR) is 129 cm³/mol. The van der Waals surface area contributed by atoms with Gasteiger partial charge < -0.3 is 4.74 Å². The summed E-state index contributed by atoms with van der Waals surface area (Å²) in [6, 6.07) is 10.6. The summed E-state index contributed by atoms with van der Waals surface area (Å²) >= 11 is 0. The zero-order chi connectivity index (χ0) is 28.7. The summed E-state index contributed by atoms with van der Waals surface area (Å²) in [6.45, 7) is 0. The van der Waals surface area contributed by atoms with E-state index in [0.717, 1.165) is 60.7 Å². The average molecular weight is 558 g/mol. The van der Waals surface area contributed by atoms with E-state index in [2.05, 4.69) is 0 Å². The van der Waals surface area contributed by atoms with Gasteiger partial charge in [0.2, 0.25) is 0 Å². The Hall–Kier alpha value is -4.73. The van der Waals surface area contributed by atoms with Crippen LogP contribution in [0.3, 0.4) is 0 Å². The molecule has 5 rings (SSSR count). The normalized spacial score (nSPS) is 14.6. The number of cyclic esters (lactones) is 1. The van der Waals surface area contributed by atoms with Crippen molar-refractivity contribution in [2.45, 2.75) is 6.42 Å². The van der Waals surface area contributed by atoms with Crippen LogP contribution in [0.25, 0.3) is 16.7 Å². The summed E-state index contributed by atoms with van der Waals surface area (Å²) in [5.41, 5.74) is -0.898. The molecule has 0 spiro atoms. The van der Waals surface area contributed by atoms with Crippen molar-refractivity contribution in [3.8, 4) is 0 Å². The first kappa shape index (κ1) is 26.9. The van der Waals surface area contributed by atoms with Crippen molar-refractivity contribution in [3.05, 3.63) is 147 Å². The van der Waals surface area contributed by atoms with Crippen molar-refractivity contribution in [1.82, 2.24) is 0 Å². The highest BCUT2D eigenvalue weighted by Crippen LogP contribution is 2.44. The van der Waals surface area contributed by atoms with Crippen molar-refractivity contribution in [2.24, 2.45) is 0 Å². The van der Waals surface area contributed by atoms with Gasteiger partial charge in [0.1, 0.15) is 5.76 Å². The number of rotatable bonds is 5. The van der Waals surface area contributed by atoms with Gasteiger partial charge in [-0.15, -0.1) is 0 Å². The Bertz CT molecular complexity index is 1760. The van der Waals surface area contributed by atoms with Gasteiger partial charge in [-0.05, 0) is 70.8 Å². The Labute approximate surface area is 221 Å². The largest absolute Gasteiger partial charge is 0.422 e. The molecule has 0 aliphatic carbocycles. The Morgan fingerprint density at radius 1 is 0.525 bits per heavy atom. The van der Waals surface area contributed by atoms with E-state index >= 15 is 0 Å². The Kier molecular flexibility index (Phi) is 7.01. The molecule has 0 unspecified atom stereocenters. The molecule has 0 amide bonds. The molecular weight excluding hydrogens is 544 g/mol. The van der Waals surface area contributed by atoms with Crippen LogP contribution in [0, 0.1) is 46.5 Å². The van der Waals surface area contributed by atoms with Crippen LogP contribution in [0.2, 0.25) is 0 Å². The van der Waals surface area contributed by atoms with Crippen molar-refractivity contribution in [2.75, 3.05) is 0 Å². The Morgan fingerprint density at radius 2 is 1.00 bits per heavy atom. The van der Waals surface area contributed by atoms with Gasteiger partial charge in [0.05, 0.1) is 5.57 Å². The van der Waals surface area contributed by atoms with Crippen molar-refractivity contribution in [1.29, 1.82) is 0 Å². The number of esters is 1.